The number of aryl methyl sites for hydroxylation is 1. The van der Waals surface area contributed by atoms with Crippen LogP contribution < -0.4 is 5.32 Å². The van der Waals surface area contributed by atoms with E-state index in [0.717, 1.165) is 11.1 Å². The van der Waals surface area contributed by atoms with E-state index in [4.69, 9.17) is 0 Å². The summed E-state index contributed by atoms with van der Waals surface area (Å²) in [6.07, 6.45) is 1.09. The molecule has 0 radical (unpaired) electrons. The van der Waals surface area contributed by atoms with Crippen LogP contribution in [0.2, 0.25) is 0 Å². The summed E-state index contributed by atoms with van der Waals surface area (Å²) in [5.74, 6) is 0. The number of nitrogens with one attached hydrogen (secondary N) is 1. The molecule has 1 aromatic rings. The normalized spacial score (nSPS) is 10.8. The Morgan fingerprint density at radius 2 is 2.31 bits per heavy atom. The molecule has 2 nitrogen and oxygen atoms in total. The van der Waals surface area contributed by atoms with Gasteiger partial charge < -0.3 is 5.32 Å². The van der Waals surface area contributed by atoms with Crippen molar-refractivity contribution in [2.75, 3.05) is 6.54 Å². The Kier molecular flexibility index (Phi) is 3.76. The van der Waals surface area contributed by atoms with Crippen LogP contribution in [0.25, 0.3) is 0 Å². The molecular weight excluding hydrogens is 174 g/mol. The molecule has 1 aromatic heterocycles. The highest BCUT2D eigenvalue weighted by molar-refractivity contribution is 5.21. The topological polar surface area (TPSA) is 24.9 Å². The molecule has 0 bridgehead atoms. The number of nitrogens with zero attached hydrogens (tertiary/aromatic N) is 1. The second-order valence-electron chi connectivity index (χ2n) is 2.82. The van der Waals surface area contributed by atoms with Crippen LogP contribution in [0.15, 0.2) is 18.5 Å². The molecule has 13 heavy (non-hydrogen) atoms. The van der Waals surface area contributed by atoms with Crippen molar-refractivity contribution in [2.45, 2.75) is 19.9 Å². The molecule has 0 aliphatic carbocycles. The maximum atomic E-state index is 11.8. The third-order valence-corrected chi connectivity index (χ3v) is 1.75. The Morgan fingerprint density at radius 3 is 2.92 bits per heavy atom. The van der Waals surface area contributed by atoms with Gasteiger partial charge in [-0.1, -0.05) is 0 Å². The number of rotatable bonds is 4. The van der Waals surface area contributed by atoms with Crippen molar-refractivity contribution in [3.8, 4) is 0 Å². The maximum absolute atomic E-state index is 11.8. The van der Waals surface area contributed by atoms with Crippen molar-refractivity contribution in [1.82, 2.24) is 10.3 Å². The van der Waals surface area contributed by atoms with E-state index in [1.807, 2.05) is 13.0 Å². The van der Waals surface area contributed by atoms with Gasteiger partial charge >= 0.3 is 0 Å². The van der Waals surface area contributed by atoms with Gasteiger partial charge in [0.1, 0.15) is 0 Å². The second kappa shape index (κ2) is 4.87. The average Bonchev–Trinajstić information content (AvgIpc) is 2.08. The van der Waals surface area contributed by atoms with Gasteiger partial charge in [-0.3, -0.25) is 4.98 Å². The Morgan fingerprint density at radius 1 is 1.54 bits per heavy atom. The molecular formula is C9H12F2N2. The van der Waals surface area contributed by atoms with Crippen molar-refractivity contribution in [1.29, 1.82) is 0 Å². The summed E-state index contributed by atoms with van der Waals surface area (Å²) in [4.78, 5) is 3.91. The zero-order valence-electron chi connectivity index (χ0n) is 7.43. The molecule has 1 heterocycles. The first kappa shape index (κ1) is 10.1. The molecule has 0 fully saturated rings. The van der Waals surface area contributed by atoms with E-state index in [9.17, 15) is 8.78 Å². The summed E-state index contributed by atoms with van der Waals surface area (Å²) in [6, 6.07) is 1.83. The predicted octanol–water partition coefficient (Wildman–Crippen LogP) is 1.74. The van der Waals surface area contributed by atoms with E-state index in [1.54, 1.807) is 12.4 Å². The molecule has 0 aromatic carbocycles. The van der Waals surface area contributed by atoms with Gasteiger partial charge in [-0.05, 0) is 24.1 Å². The van der Waals surface area contributed by atoms with Crippen molar-refractivity contribution >= 4 is 0 Å². The molecule has 0 saturated carbocycles. The standard InChI is InChI=1S/C9H12F2N2/c1-7-4-12-3-2-8(7)5-13-6-9(10)11/h2-4,9,13H,5-6H2,1H3. The smallest absolute Gasteiger partial charge is 0.250 e. The average molecular weight is 186 g/mol. The number of aromatic nitrogens is 1. The van der Waals surface area contributed by atoms with E-state index in [-0.39, 0.29) is 6.54 Å². The van der Waals surface area contributed by atoms with E-state index in [2.05, 4.69) is 10.3 Å². The third kappa shape index (κ3) is 3.46. The van der Waals surface area contributed by atoms with Crippen molar-refractivity contribution in [3.05, 3.63) is 29.6 Å². The zero-order valence-corrected chi connectivity index (χ0v) is 7.43. The minimum atomic E-state index is -2.29. The van der Waals surface area contributed by atoms with Gasteiger partial charge in [-0.25, -0.2) is 8.78 Å². The SMILES string of the molecule is Cc1cnccc1CNCC(F)F. The monoisotopic (exact) mass is 186 g/mol. The highest BCUT2D eigenvalue weighted by Gasteiger charge is 2.01. The van der Waals surface area contributed by atoms with Gasteiger partial charge in [-0.2, -0.15) is 0 Å². The highest BCUT2D eigenvalue weighted by Crippen LogP contribution is 2.04. The lowest BCUT2D eigenvalue weighted by atomic mass is 10.1. The lowest BCUT2D eigenvalue weighted by Gasteiger charge is -2.05. The molecule has 0 aliphatic heterocycles. The molecule has 0 spiro atoms. The minimum absolute atomic E-state index is 0.262. The van der Waals surface area contributed by atoms with Gasteiger partial charge in [0.05, 0.1) is 6.54 Å². The van der Waals surface area contributed by atoms with Gasteiger partial charge in [0.15, 0.2) is 0 Å². The van der Waals surface area contributed by atoms with Crippen LogP contribution in [0.4, 0.5) is 8.78 Å². The lowest BCUT2D eigenvalue weighted by molar-refractivity contribution is 0.145. The number of hydrogen-bond donors (Lipinski definition) is 1. The van der Waals surface area contributed by atoms with Crippen molar-refractivity contribution in [3.63, 3.8) is 0 Å². The molecule has 0 saturated heterocycles. The lowest BCUT2D eigenvalue weighted by Crippen LogP contribution is -2.21. The van der Waals surface area contributed by atoms with Crippen LogP contribution in [0, 0.1) is 6.92 Å². The Labute approximate surface area is 76.0 Å². The molecule has 72 valence electrons. The Bertz CT molecular complexity index is 264. The Hall–Kier alpha value is -1.03. The number of halogens is 2. The molecule has 0 atom stereocenters. The van der Waals surface area contributed by atoms with E-state index in [0.29, 0.717) is 6.54 Å². The summed E-state index contributed by atoms with van der Waals surface area (Å²) in [5, 5.41) is 2.66. The summed E-state index contributed by atoms with van der Waals surface area (Å²) in [5.41, 5.74) is 2.03. The summed E-state index contributed by atoms with van der Waals surface area (Å²) >= 11 is 0. The van der Waals surface area contributed by atoms with Crippen LogP contribution in [-0.2, 0) is 6.54 Å². The van der Waals surface area contributed by atoms with Gasteiger partial charge in [0, 0.05) is 18.9 Å². The fourth-order valence-corrected chi connectivity index (χ4v) is 1.02. The van der Waals surface area contributed by atoms with Crippen LogP contribution in [0.1, 0.15) is 11.1 Å². The predicted molar refractivity (Wildman–Crippen MR) is 46.7 cm³/mol. The zero-order chi connectivity index (χ0) is 9.68. The van der Waals surface area contributed by atoms with Crippen LogP contribution in [0.5, 0.6) is 0 Å². The molecule has 0 amide bonds. The largest absolute Gasteiger partial charge is 0.307 e. The third-order valence-electron chi connectivity index (χ3n) is 1.75. The van der Waals surface area contributed by atoms with Gasteiger partial charge in [-0.15, -0.1) is 0 Å². The van der Waals surface area contributed by atoms with Crippen LogP contribution >= 0.6 is 0 Å². The second-order valence-corrected chi connectivity index (χ2v) is 2.82. The summed E-state index contributed by atoms with van der Waals surface area (Å²) < 4.78 is 23.5. The van der Waals surface area contributed by atoms with Crippen LogP contribution in [-0.4, -0.2) is 18.0 Å². The van der Waals surface area contributed by atoms with Gasteiger partial charge in [0.2, 0.25) is 0 Å². The summed E-state index contributed by atoms with van der Waals surface area (Å²) in [7, 11) is 0. The first-order valence-corrected chi connectivity index (χ1v) is 4.08. The minimum Gasteiger partial charge on any atom is -0.307 e. The van der Waals surface area contributed by atoms with E-state index < -0.39 is 6.43 Å². The van der Waals surface area contributed by atoms with Crippen molar-refractivity contribution < 1.29 is 8.78 Å². The van der Waals surface area contributed by atoms with Gasteiger partial charge in [0.25, 0.3) is 6.43 Å². The number of pyridine rings is 1. The molecule has 0 unspecified atom stereocenters. The number of alkyl halides is 2. The van der Waals surface area contributed by atoms with E-state index >= 15 is 0 Å². The Balaban J connectivity index is 2.41. The maximum Gasteiger partial charge on any atom is 0.250 e. The molecule has 0 aliphatic rings. The first-order valence-electron chi connectivity index (χ1n) is 4.08. The molecule has 4 heteroatoms. The quantitative estimate of drug-likeness (QED) is 0.774. The fraction of sp³-hybridized carbons (Fsp3) is 0.444. The molecule has 1 N–H and O–H groups in total. The summed E-state index contributed by atoms with van der Waals surface area (Å²) in [6.45, 7) is 2.12. The van der Waals surface area contributed by atoms with Crippen molar-refractivity contribution in [2.24, 2.45) is 0 Å². The first-order chi connectivity index (χ1) is 6.20. The molecule has 1 rings (SSSR count). The number of hydrogen-bond acceptors (Lipinski definition) is 2. The fourth-order valence-electron chi connectivity index (χ4n) is 1.02. The van der Waals surface area contributed by atoms with E-state index in [1.165, 1.54) is 0 Å². The van der Waals surface area contributed by atoms with Crippen LogP contribution in [0.3, 0.4) is 0 Å². The highest BCUT2D eigenvalue weighted by atomic mass is 19.3.